The minimum atomic E-state index is -2.06. The molecule has 0 aliphatic rings. The average molecular weight is 395 g/mol. The first-order valence-electron chi connectivity index (χ1n) is 8.11. The van der Waals surface area contributed by atoms with Crippen LogP contribution in [0.2, 0.25) is 22.4 Å². The Bertz CT molecular complexity index is 1050. The van der Waals surface area contributed by atoms with Crippen LogP contribution in [-0.4, -0.2) is 22.8 Å². The van der Waals surface area contributed by atoms with Crippen LogP contribution in [0, 0.1) is 0 Å². The van der Waals surface area contributed by atoms with Gasteiger partial charge in [-0.1, -0.05) is 0 Å². The van der Waals surface area contributed by atoms with Crippen LogP contribution >= 0.6 is 11.6 Å². The molecule has 0 saturated carbocycles. The van der Waals surface area contributed by atoms with Gasteiger partial charge < -0.3 is 0 Å². The number of aromatic nitrogens is 2. The number of hydrogen-bond acceptors (Lipinski definition) is 1. The van der Waals surface area contributed by atoms with Crippen LogP contribution in [0.25, 0.3) is 27.5 Å². The van der Waals surface area contributed by atoms with Gasteiger partial charge in [-0.3, -0.25) is 0 Å². The average Bonchev–Trinajstić information content (AvgIpc) is 2.88. The van der Waals surface area contributed by atoms with Gasteiger partial charge in [0.1, 0.15) is 0 Å². The molecular weight excluding hydrogens is 376 g/mol. The quantitative estimate of drug-likeness (QED) is 0.329. The van der Waals surface area contributed by atoms with Gasteiger partial charge in [0.05, 0.1) is 0 Å². The van der Waals surface area contributed by atoms with Crippen LogP contribution in [0.4, 0.5) is 0 Å². The Morgan fingerprint density at radius 1 is 0.917 bits per heavy atom. The number of benzene rings is 2. The summed E-state index contributed by atoms with van der Waals surface area (Å²) < 4.78 is 3.85. The van der Waals surface area contributed by atoms with Gasteiger partial charge in [-0.25, -0.2) is 0 Å². The zero-order chi connectivity index (χ0) is 16.9. The van der Waals surface area contributed by atoms with E-state index in [2.05, 4.69) is 69.3 Å². The fourth-order valence-corrected chi connectivity index (χ4v) is 6.80. The van der Waals surface area contributed by atoms with E-state index in [-0.39, 0.29) is 0 Å². The Morgan fingerprint density at radius 2 is 1.67 bits per heavy atom. The van der Waals surface area contributed by atoms with Crippen molar-refractivity contribution in [1.29, 1.82) is 0 Å². The summed E-state index contributed by atoms with van der Waals surface area (Å²) in [6.45, 7) is 0. The summed E-state index contributed by atoms with van der Waals surface area (Å²) in [6, 6.07) is 19.2. The minimum absolute atomic E-state index is 0.529. The zero-order valence-electron chi connectivity index (χ0n) is 14.0. The van der Waals surface area contributed by atoms with Crippen molar-refractivity contribution in [1.82, 2.24) is 9.55 Å². The molecule has 4 rings (SSSR count). The summed E-state index contributed by atoms with van der Waals surface area (Å²) in [6.07, 6.45) is 1.90. The Hall–Kier alpha value is -1.78. The predicted octanol–water partition coefficient (Wildman–Crippen LogP) is 5.38. The molecule has 2 aromatic heterocycles. The van der Waals surface area contributed by atoms with Gasteiger partial charge in [0, 0.05) is 0 Å². The summed E-state index contributed by atoms with van der Waals surface area (Å²) in [5.41, 5.74) is 3.60. The molecule has 2 aromatic carbocycles. The van der Waals surface area contributed by atoms with E-state index in [9.17, 15) is 0 Å². The first-order valence-corrected chi connectivity index (χ1v) is 15.8. The fourth-order valence-electron chi connectivity index (χ4n) is 3.39. The molecule has 0 unspecified atom stereocenters. The molecule has 0 spiro atoms. The molecule has 4 aromatic rings. The molecule has 0 aliphatic heterocycles. The van der Waals surface area contributed by atoms with Gasteiger partial charge in [0.15, 0.2) is 0 Å². The van der Waals surface area contributed by atoms with Crippen LogP contribution in [0.1, 0.15) is 0 Å². The number of rotatable bonds is 2. The topological polar surface area (TPSA) is 17.8 Å². The second kappa shape index (κ2) is 5.64. The Kier molecular flexibility index (Phi) is 3.70. The van der Waals surface area contributed by atoms with Crippen molar-refractivity contribution in [3.05, 3.63) is 65.9 Å². The van der Waals surface area contributed by atoms with E-state index in [0.717, 1.165) is 10.9 Å². The summed E-state index contributed by atoms with van der Waals surface area (Å²) >= 11 is 4.17. The summed E-state index contributed by atoms with van der Waals surface area (Å²) in [4.78, 5) is 4.32. The Balaban J connectivity index is 2.26. The van der Waals surface area contributed by atoms with Gasteiger partial charge in [0.2, 0.25) is 0 Å². The van der Waals surface area contributed by atoms with Crippen molar-refractivity contribution in [2.45, 2.75) is 17.3 Å². The third-order valence-electron chi connectivity index (χ3n) is 4.46. The molecular formula is C20H19ClGeN2. The number of hydrogen-bond donors (Lipinski definition) is 0. The van der Waals surface area contributed by atoms with E-state index < -0.39 is 13.3 Å². The first-order chi connectivity index (χ1) is 11.5. The van der Waals surface area contributed by atoms with Crippen molar-refractivity contribution in [2.24, 2.45) is 0 Å². The molecule has 0 amide bonds. The van der Waals surface area contributed by atoms with Crippen molar-refractivity contribution in [3.8, 4) is 5.69 Å². The van der Waals surface area contributed by atoms with Gasteiger partial charge in [-0.2, -0.15) is 0 Å². The van der Waals surface area contributed by atoms with Crippen LogP contribution in [0.5, 0.6) is 0 Å². The molecule has 0 bridgehead atoms. The summed E-state index contributed by atoms with van der Waals surface area (Å²) in [5, 5.41) is 2.95. The van der Waals surface area contributed by atoms with Gasteiger partial charge >= 0.3 is 150 Å². The maximum atomic E-state index is 6.22. The first kappa shape index (κ1) is 15.7. The normalized spacial score (nSPS) is 12.2. The van der Waals surface area contributed by atoms with Gasteiger partial charge in [-0.15, -0.1) is 0 Å². The predicted molar refractivity (Wildman–Crippen MR) is 107 cm³/mol. The molecule has 0 atom stereocenters. The second-order valence-electron chi connectivity index (χ2n) is 7.15. The van der Waals surface area contributed by atoms with Crippen LogP contribution in [0.15, 0.2) is 60.8 Å². The fraction of sp³-hybridized carbons (Fsp3) is 0.150. The van der Waals surface area contributed by atoms with Crippen molar-refractivity contribution in [3.63, 3.8) is 0 Å². The molecule has 120 valence electrons. The number of pyridine rings is 1. The van der Waals surface area contributed by atoms with Gasteiger partial charge in [-0.05, 0) is 0 Å². The molecule has 2 nitrogen and oxygen atoms in total. The molecule has 0 saturated heterocycles. The molecule has 24 heavy (non-hydrogen) atoms. The standard InChI is InChI=1S/C20H19ClGeN2/c1-22(2,3)17-11-7-10-15-16-13-23-19(21)12-18(16)24(20(15)17)14-8-5-4-6-9-14/h4-13H,1-3H3. The molecule has 4 heteroatoms. The zero-order valence-corrected chi connectivity index (χ0v) is 16.9. The van der Waals surface area contributed by atoms with Crippen LogP contribution in [-0.2, 0) is 0 Å². The number of halogens is 1. The summed E-state index contributed by atoms with van der Waals surface area (Å²) in [5.74, 6) is 7.31. The SMILES string of the molecule is [CH3][Ge]([CH3])([CH3])[c]1cccc2c3cnc(Cl)cc3n(-c3ccccc3)c12. The van der Waals surface area contributed by atoms with Crippen LogP contribution < -0.4 is 4.40 Å². The van der Waals surface area contributed by atoms with Crippen molar-refractivity contribution < 1.29 is 0 Å². The summed E-state index contributed by atoms with van der Waals surface area (Å²) in [7, 11) is 0. The molecule has 0 fully saturated rings. The Morgan fingerprint density at radius 3 is 2.38 bits per heavy atom. The third-order valence-corrected chi connectivity index (χ3v) is 8.91. The number of nitrogens with zero attached hydrogens (tertiary/aromatic N) is 2. The van der Waals surface area contributed by atoms with Crippen molar-refractivity contribution in [2.75, 3.05) is 0 Å². The van der Waals surface area contributed by atoms with E-state index in [0.29, 0.717) is 5.15 Å². The Labute approximate surface area is 149 Å². The van der Waals surface area contributed by atoms with E-state index in [4.69, 9.17) is 11.6 Å². The van der Waals surface area contributed by atoms with E-state index in [1.165, 1.54) is 21.0 Å². The van der Waals surface area contributed by atoms with E-state index in [1.54, 1.807) is 0 Å². The number of para-hydroxylation sites is 2. The van der Waals surface area contributed by atoms with Crippen LogP contribution in [0.3, 0.4) is 0 Å². The van der Waals surface area contributed by atoms with Crippen molar-refractivity contribution >= 4 is 51.1 Å². The third kappa shape index (κ3) is 2.45. The molecule has 0 radical (unpaired) electrons. The van der Waals surface area contributed by atoms with E-state index >= 15 is 0 Å². The number of fused-ring (bicyclic) bond motifs is 3. The molecule has 2 heterocycles. The second-order valence-corrected chi connectivity index (χ2v) is 18.1. The maximum absolute atomic E-state index is 6.22. The monoisotopic (exact) mass is 396 g/mol. The van der Waals surface area contributed by atoms with E-state index in [1.807, 2.05) is 18.3 Å². The molecule has 0 N–H and O–H groups in total. The van der Waals surface area contributed by atoms with Gasteiger partial charge in [0.25, 0.3) is 0 Å². The molecule has 0 aliphatic carbocycles.